The van der Waals surface area contributed by atoms with Gasteiger partial charge in [-0.25, -0.2) is 0 Å². The maximum absolute atomic E-state index is 11.7. The van der Waals surface area contributed by atoms with Gasteiger partial charge in [0.1, 0.15) is 6.10 Å². The second-order valence-corrected chi connectivity index (χ2v) is 6.58. The van der Waals surface area contributed by atoms with Crippen LogP contribution in [-0.4, -0.2) is 42.4 Å². The van der Waals surface area contributed by atoms with Crippen LogP contribution < -0.4 is 10.6 Å². The molecule has 2 fully saturated rings. The van der Waals surface area contributed by atoms with Gasteiger partial charge in [0.05, 0.1) is 6.61 Å². The monoisotopic (exact) mass is 284 g/mol. The molecule has 0 aromatic heterocycles. The van der Waals surface area contributed by atoms with E-state index in [1.54, 1.807) is 0 Å². The first-order valence-electron chi connectivity index (χ1n) is 7.22. The Morgan fingerprint density at radius 3 is 2.45 bits per heavy atom. The summed E-state index contributed by atoms with van der Waals surface area (Å²) in [4.78, 5) is 23.3. The average molecular weight is 284 g/mol. The highest BCUT2D eigenvalue weighted by atomic mass is 16.7. The summed E-state index contributed by atoms with van der Waals surface area (Å²) in [5.41, 5.74) is -0.421. The van der Waals surface area contributed by atoms with E-state index in [1.807, 2.05) is 20.8 Å². The Morgan fingerprint density at radius 2 is 1.85 bits per heavy atom. The number of hydrogen-bond donors (Lipinski definition) is 2. The molecule has 2 rings (SSSR count). The van der Waals surface area contributed by atoms with Gasteiger partial charge in [-0.3, -0.25) is 9.59 Å². The van der Waals surface area contributed by atoms with E-state index in [4.69, 9.17) is 9.47 Å². The van der Waals surface area contributed by atoms with Crippen molar-refractivity contribution in [2.45, 2.75) is 63.9 Å². The van der Waals surface area contributed by atoms with Crippen LogP contribution in [0.5, 0.6) is 0 Å². The first-order chi connectivity index (χ1) is 9.30. The van der Waals surface area contributed by atoms with Gasteiger partial charge in [0, 0.05) is 24.9 Å². The molecule has 1 spiro atoms. The molecule has 2 N–H and O–H groups in total. The summed E-state index contributed by atoms with van der Waals surface area (Å²) in [6.07, 6.45) is 3.91. The standard InChI is InChI=1S/C14H24N2O4/c1-13(2,3)16-12(18)11(17)15-8-10-9-19-14(20-10)6-4-5-7-14/h10H,4-9H2,1-3H3,(H,15,17)(H,16,18)/t10-/m1/s1. The van der Waals surface area contributed by atoms with Crippen LogP contribution in [0.25, 0.3) is 0 Å². The van der Waals surface area contributed by atoms with E-state index in [-0.39, 0.29) is 6.10 Å². The number of amides is 2. The Balaban J connectivity index is 1.73. The minimum Gasteiger partial charge on any atom is -0.347 e. The molecule has 6 heteroatoms. The molecule has 20 heavy (non-hydrogen) atoms. The predicted molar refractivity (Wildman–Crippen MR) is 72.9 cm³/mol. The molecular weight excluding hydrogens is 260 g/mol. The van der Waals surface area contributed by atoms with Gasteiger partial charge in [0.25, 0.3) is 0 Å². The molecule has 1 aliphatic heterocycles. The molecule has 1 saturated heterocycles. The number of hydrogen-bond acceptors (Lipinski definition) is 4. The fraction of sp³-hybridized carbons (Fsp3) is 0.857. The molecule has 114 valence electrons. The molecule has 6 nitrogen and oxygen atoms in total. The van der Waals surface area contributed by atoms with E-state index in [2.05, 4.69) is 10.6 Å². The number of carbonyl (C=O) groups excluding carboxylic acids is 2. The average Bonchev–Trinajstić information content (AvgIpc) is 2.95. The van der Waals surface area contributed by atoms with Crippen LogP contribution in [0, 0.1) is 0 Å². The fourth-order valence-corrected chi connectivity index (χ4v) is 2.58. The third-order valence-electron chi connectivity index (χ3n) is 3.46. The zero-order valence-electron chi connectivity index (χ0n) is 12.5. The summed E-state index contributed by atoms with van der Waals surface area (Å²) in [5, 5.41) is 5.22. The van der Waals surface area contributed by atoms with Gasteiger partial charge in [-0.05, 0) is 33.6 Å². The topological polar surface area (TPSA) is 76.7 Å². The Bertz CT molecular complexity index is 383. The molecule has 2 amide bonds. The van der Waals surface area contributed by atoms with E-state index >= 15 is 0 Å². The highest BCUT2D eigenvalue weighted by Gasteiger charge is 2.43. The van der Waals surface area contributed by atoms with Gasteiger partial charge in [-0.2, -0.15) is 0 Å². The van der Waals surface area contributed by atoms with Crippen molar-refractivity contribution in [1.29, 1.82) is 0 Å². The molecule has 1 saturated carbocycles. The van der Waals surface area contributed by atoms with Crippen molar-refractivity contribution in [2.75, 3.05) is 13.2 Å². The summed E-state index contributed by atoms with van der Waals surface area (Å²) in [7, 11) is 0. The largest absolute Gasteiger partial charge is 0.347 e. The first kappa shape index (κ1) is 15.3. The lowest BCUT2D eigenvalue weighted by molar-refractivity contribution is -0.161. The lowest BCUT2D eigenvalue weighted by Crippen LogP contribution is -2.49. The van der Waals surface area contributed by atoms with Crippen molar-refractivity contribution >= 4 is 11.8 Å². The second kappa shape index (κ2) is 5.69. The summed E-state index contributed by atoms with van der Waals surface area (Å²) in [6, 6.07) is 0. The summed E-state index contributed by atoms with van der Waals surface area (Å²) < 4.78 is 11.6. The quantitative estimate of drug-likeness (QED) is 0.732. The lowest BCUT2D eigenvalue weighted by atomic mass is 10.1. The summed E-state index contributed by atoms with van der Waals surface area (Å²) in [5.74, 6) is -1.67. The van der Waals surface area contributed by atoms with E-state index in [9.17, 15) is 9.59 Å². The maximum atomic E-state index is 11.7. The minimum atomic E-state index is -0.629. The summed E-state index contributed by atoms with van der Waals surface area (Å²) >= 11 is 0. The van der Waals surface area contributed by atoms with E-state index in [0.717, 1.165) is 25.7 Å². The molecule has 1 heterocycles. The molecule has 0 unspecified atom stereocenters. The van der Waals surface area contributed by atoms with E-state index in [0.29, 0.717) is 13.2 Å². The van der Waals surface area contributed by atoms with Gasteiger partial charge in [0.2, 0.25) is 0 Å². The van der Waals surface area contributed by atoms with Crippen molar-refractivity contribution < 1.29 is 19.1 Å². The Morgan fingerprint density at radius 1 is 1.20 bits per heavy atom. The zero-order chi connectivity index (χ0) is 14.8. The number of ether oxygens (including phenoxy) is 2. The van der Waals surface area contributed by atoms with E-state index in [1.165, 1.54) is 0 Å². The third kappa shape index (κ3) is 3.93. The number of carbonyl (C=O) groups is 2. The molecule has 0 bridgehead atoms. The molecule has 0 aromatic rings. The third-order valence-corrected chi connectivity index (χ3v) is 3.46. The molecular formula is C14H24N2O4. The van der Waals surface area contributed by atoms with Crippen LogP contribution >= 0.6 is 0 Å². The lowest BCUT2D eigenvalue weighted by Gasteiger charge is -2.22. The van der Waals surface area contributed by atoms with Crippen LogP contribution in [0.4, 0.5) is 0 Å². The van der Waals surface area contributed by atoms with Crippen LogP contribution in [0.2, 0.25) is 0 Å². The molecule has 1 aliphatic carbocycles. The van der Waals surface area contributed by atoms with Crippen molar-refractivity contribution in [2.24, 2.45) is 0 Å². The van der Waals surface area contributed by atoms with Crippen molar-refractivity contribution in [3.63, 3.8) is 0 Å². The predicted octanol–water partition coefficient (Wildman–Crippen LogP) is 0.703. The van der Waals surface area contributed by atoms with Gasteiger partial charge in [-0.1, -0.05) is 0 Å². The molecule has 0 aromatic carbocycles. The fourth-order valence-electron chi connectivity index (χ4n) is 2.58. The van der Waals surface area contributed by atoms with Gasteiger partial charge in [0.15, 0.2) is 5.79 Å². The molecule has 2 aliphatic rings. The highest BCUT2D eigenvalue weighted by Crippen LogP contribution is 2.38. The SMILES string of the molecule is CC(C)(C)NC(=O)C(=O)NC[C@@H]1COC2(CCCC2)O1. The van der Waals surface area contributed by atoms with Crippen molar-refractivity contribution in [3.05, 3.63) is 0 Å². The van der Waals surface area contributed by atoms with Crippen molar-refractivity contribution in [3.8, 4) is 0 Å². The molecule has 1 atom stereocenters. The van der Waals surface area contributed by atoms with E-state index < -0.39 is 23.1 Å². The first-order valence-corrected chi connectivity index (χ1v) is 7.22. The zero-order valence-corrected chi connectivity index (χ0v) is 12.5. The van der Waals surface area contributed by atoms with Crippen molar-refractivity contribution in [1.82, 2.24) is 10.6 Å². The Kier molecular flexibility index (Phi) is 4.34. The molecule has 0 radical (unpaired) electrons. The number of rotatable bonds is 2. The highest BCUT2D eigenvalue weighted by molar-refractivity contribution is 6.35. The van der Waals surface area contributed by atoms with Gasteiger partial charge in [-0.15, -0.1) is 0 Å². The normalized spacial score (nSPS) is 24.9. The van der Waals surface area contributed by atoms with Crippen LogP contribution in [-0.2, 0) is 19.1 Å². The van der Waals surface area contributed by atoms with Gasteiger partial charge >= 0.3 is 11.8 Å². The Labute approximate surface area is 119 Å². The van der Waals surface area contributed by atoms with Crippen LogP contribution in [0.1, 0.15) is 46.5 Å². The van der Waals surface area contributed by atoms with Gasteiger partial charge < -0.3 is 20.1 Å². The Hall–Kier alpha value is -1.14. The smallest absolute Gasteiger partial charge is 0.309 e. The van der Waals surface area contributed by atoms with Crippen LogP contribution in [0.15, 0.2) is 0 Å². The maximum Gasteiger partial charge on any atom is 0.309 e. The van der Waals surface area contributed by atoms with Crippen LogP contribution in [0.3, 0.4) is 0 Å². The summed E-state index contributed by atoms with van der Waals surface area (Å²) in [6.45, 7) is 6.27. The minimum absolute atomic E-state index is 0.167. The number of nitrogens with one attached hydrogen (secondary N) is 2. The second-order valence-electron chi connectivity index (χ2n) is 6.58.